The van der Waals surface area contributed by atoms with Crippen LogP contribution >= 0.6 is 0 Å². The molecule has 1 saturated heterocycles. The van der Waals surface area contributed by atoms with Crippen LogP contribution in [-0.2, 0) is 4.74 Å². The molecule has 1 aromatic heterocycles. The maximum Gasteiger partial charge on any atom is 0.410 e. The number of likely N-dealkylation sites (tertiary alicyclic amines) is 1. The van der Waals surface area contributed by atoms with E-state index in [4.69, 9.17) is 4.74 Å². The van der Waals surface area contributed by atoms with Gasteiger partial charge in [0.2, 0.25) is 0 Å². The highest BCUT2D eigenvalue weighted by Crippen LogP contribution is 2.24. The van der Waals surface area contributed by atoms with Crippen molar-refractivity contribution in [2.45, 2.75) is 58.1 Å². The van der Waals surface area contributed by atoms with Gasteiger partial charge in [0, 0.05) is 31.7 Å². The Morgan fingerprint density at radius 3 is 2.76 bits per heavy atom. The van der Waals surface area contributed by atoms with Crippen molar-refractivity contribution < 1.29 is 9.53 Å². The standard InChI is InChI=1S/C18H29N5O2/c1-18(2,3)25-17(24)23-8-4-5-13(11-23)10-19-15-9-16(21-12-20-15)22-14-6-7-14/h9,12-14H,4-8,10-11H2,1-3H3,(H2,19,20,21,22)/t13-/m0/s1. The smallest absolute Gasteiger partial charge is 0.410 e. The summed E-state index contributed by atoms with van der Waals surface area (Å²) < 4.78 is 5.48. The fraction of sp³-hybridized carbons (Fsp3) is 0.722. The van der Waals surface area contributed by atoms with E-state index in [0.29, 0.717) is 12.0 Å². The maximum absolute atomic E-state index is 12.2. The van der Waals surface area contributed by atoms with E-state index in [-0.39, 0.29) is 6.09 Å². The van der Waals surface area contributed by atoms with Gasteiger partial charge in [0.25, 0.3) is 0 Å². The van der Waals surface area contributed by atoms with Gasteiger partial charge in [-0.2, -0.15) is 0 Å². The van der Waals surface area contributed by atoms with E-state index < -0.39 is 5.60 Å². The lowest BCUT2D eigenvalue weighted by atomic mass is 9.98. The number of nitrogens with one attached hydrogen (secondary N) is 2. The molecule has 0 bridgehead atoms. The maximum atomic E-state index is 12.2. The number of carbonyl (C=O) groups is 1. The monoisotopic (exact) mass is 347 g/mol. The molecule has 0 radical (unpaired) electrons. The molecule has 1 aliphatic heterocycles. The largest absolute Gasteiger partial charge is 0.444 e. The second-order valence-electron chi connectivity index (χ2n) is 8.02. The molecule has 2 heterocycles. The van der Waals surface area contributed by atoms with E-state index in [2.05, 4.69) is 20.6 Å². The summed E-state index contributed by atoms with van der Waals surface area (Å²) in [4.78, 5) is 22.6. The van der Waals surface area contributed by atoms with Gasteiger partial charge in [0.15, 0.2) is 0 Å². The average molecular weight is 347 g/mol. The van der Waals surface area contributed by atoms with Crippen LogP contribution in [0.2, 0.25) is 0 Å². The number of rotatable bonds is 5. The van der Waals surface area contributed by atoms with Crippen LogP contribution in [0.3, 0.4) is 0 Å². The van der Waals surface area contributed by atoms with Gasteiger partial charge in [-0.05, 0) is 52.4 Å². The van der Waals surface area contributed by atoms with E-state index >= 15 is 0 Å². The molecular formula is C18H29N5O2. The van der Waals surface area contributed by atoms with Gasteiger partial charge >= 0.3 is 6.09 Å². The molecule has 3 rings (SSSR count). The molecule has 25 heavy (non-hydrogen) atoms. The molecular weight excluding hydrogens is 318 g/mol. The second-order valence-corrected chi connectivity index (χ2v) is 8.02. The minimum Gasteiger partial charge on any atom is -0.444 e. The first-order chi connectivity index (χ1) is 11.9. The molecule has 138 valence electrons. The number of aromatic nitrogens is 2. The van der Waals surface area contributed by atoms with Crippen LogP contribution in [0.4, 0.5) is 16.4 Å². The van der Waals surface area contributed by atoms with Crippen LogP contribution in [0, 0.1) is 5.92 Å². The van der Waals surface area contributed by atoms with Crippen molar-refractivity contribution in [2.75, 3.05) is 30.3 Å². The quantitative estimate of drug-likeness (QED) is 0.852. The lowest BCUT2D eigenvalue weighted by molar-refractivity contribution is 0.0172. The van der Waals surface area contributed by atoms with Crippen LogP contribution in [0.15, 0.2) is 12.4 Å². The highest BCUT2D eigenvalue weighted by atomic mass is 16.6. The van der Waals surface area contributed by atoms with E-state index in [1.807, 2.05) is 31.7 Å². The van der Waals surface area contributed by atoms with Gasteiger partial charge < -0.3 is 20.3 Å². The number of ether oxygens (including phenoxy) is 1. The summed E-state index contributed by atoms with van der Waals surface area (Å²) in [5.74, 6) is 2.10. The van der Waals surface area contributed by atoms with Crippen molar-refractivity contribution in [2.24, 2.45) is 5.92 Å². The Balaban J connectivity index is 1.48. The van der Waals surface area contributed by atoms with E-state index in [1.165, 1.54) is 12.8 Å². The summed E-state index contributed by atoms with van der Waals surface area (Å²) in [5, 5.41) is 6.76. The Labute approximate surface area is 149 Å². The van der Waals surface area contributed by atoms with Crippen LogP contribution < -0.4 is 10.6 Å². The third-order valence-electron chi connectivity index (χ3n) is 4.34. The molecule has 1 atom stereocenters. The first kappa shape index (κ1) is 17.8. The number of hydrogen-bond acceptors (Lipinski definition) is 6. The zero-order valence-electron chi connectivity index (χ0n) is 15.4. The number of hydrogen-bond donors (Lipinski definition) is 2. The molecule has 0 aromatic carbocycles. The molecule has 0 unspecified atom stereocenters. The topological polar surface area (TPSA) is 79.4 Å². The van der Waals surface area contributed by atoms with E-state index in [0.717, 1.165) is 44.1 Å². The molecule has 7 heteroatoms. The minimum atomic E-state index is -0.450. The highest BCUT2D eigenvalue weighted by molar-refractivity contribution is 5.68. The number of amides is 1. The first-order valence-corrected chi connectivity index (χ1v) is 9.19. The Hall–Kier alpha value is -2.05. The predicted octanol–water partition coefficient (Wildman–Crippen LogP) is 3.11. The average Bonchev–Trinajstić information content (AvgIpc) is 3.36. The van der Waals surface area contributed by atoms with Crippen molar-refractivity contribution in [1.82, 2.24) is 14.9 Å². The molecule has 2 N–H and O–H groups in total. The normalized spacial score (nSPS) is 20.9. The van der Waals surface area contributed by atoms with Gasteiger partial charge in [0.05, 0.1) is 0 Å². The lowest BCUT2D eigenvalue weighted by Gasteiger charge is -2.34. The van der Waals surface area contributed by atoms with E-state index in [1.54, 1.807) is 6.33 Å². The SMILES string of the molecule is CC(C)(C)OC(=O)N1CCC[C@@H](CNc2cc(NC3CC3)ncn2)C1. The van der Waals surface area contributed by atoms with E-state index in [9.17, 15) is 4.79 Å². The van der Waals surface area contributed by atoms with Crippen molar-refractivity contribution in [3.05, 3.63) is 12.4 Å². The Morgan fingerprint density at radius 1 is 1.28 bits per heavy atom. The molecule has 1 aromatic rings. The number of carbonyl (C=O) groups excluding carboxylic acids is 1. The van der Waals surface area contributed by atoms with Gasteiger partial charge in [-0.15, -0.1) is 0 Å². The third kappa shape index (κ3) is 5.76. The highest BCUT2D eigenvalue weighted by Gasteiger charge is 2.27. The predicted molar refractivity (Wildman–Crippen MR) is 97.7 cm³/mol. The summed E-state index contributed by atoms with van der Waals surface area (Å²) >= 11 is 0. The summed E-state index contributed by atoms with van der Waals surface area (Å²) in [7, 11) is 0. The first-order valence-electron chi connectivity index (χ1n) is 9.19. The van der Waals surface area contributed by atoms with Crippen LogP contribution in [0.25, 0.3) is 0 Å². The van der Waals surface area contributed by atoms with Crippen LogP contribution in [0.1, 0.15) is 46.5 Å². The number of piperidine rings is 1. The van der Waals surface area contributed by atoms with Gasteiger partial charge in [-0.3, -0.25) is 0 Å². The minimum absolute atomic E-state index is 0.213. The summed E-state index contributed by atoms with van der Waals surface area (Å²) in [5.41, 5.74) is -0.450. The van der Waals surface area contributed by atoms with Crippen molar-refractivity contribution in [3.63, 3.8) is 0 Å². The molecule has 2 aliphatic rings. The van der Waals surface area contributed by atoms with Gasteiger partial charge in [0.1, 0.15) is 23.6 Å². The zero-order chi connectivity index (χ0) is 17.9. The summed E-state index contributed by atoms with van der Waals surface area (Å²) in [6, 6.07) is 2.52. The van der Waals surface area contributed by atoms with Gasteiger partial charge in [-0.1, -0.05) is 0 Å². The second kappa shape index (κ2) is 7.45. The fourth-order valence-electron chi connectivity index (χ4n) is 2.94. The Morgan fingerprint density at radius 2 is 2.04 bits per heavy atom. The summed E-state index contributed by atoms with van der Waals surface area (Å²) in [6.45, 7) is 7.98. The van der Waals surface area contributed by atoms with Crippen LogP contribution in [-0.4, -0.2) is 52.2 Å². The zero-order valence-corrected chi connectivity index (χ0v) is 15.4. The van der Waals surface area contributed by atoms with Gasteiger partial charge in [-0.25, -0.2) is 14.8 Å². The lowest BCUT2D eigenvalue weighted by Crippen LogP contribution is -2.44. The molecule has 1 saturated carbocycles. The van der Waals surface area contributed by atoms with Crippen molar-refractivity contribution in [3.8, 4) is 0 Å². The number of nitrogens with zero attached hydrogens (tertiary/aromatic N) is 3. The summed E-state index contributed by atoms with van der Waals surface area (Å²) in [6.07, 6.45) is 5.91. The molecule has 7 nitrogen and oxygen atoms in total. The molecule has 1 amide bonds. The number of anilines is 2. The molecule has 0 spiro atoms. The molecule has 1 aliphatic carbocycles. The fourth-order valence-corrected chi connectivity index (χ4v) is 2.94. The Kier molecular flexibility index (Phi) is 5.30. The van der Waals surface area contributed by atoms with Crippen molar-refractivity contribution in [1.29, 1.82) is 0 Å². The molecule has 2 fully saturated rings. The van der Waals surface area contributed by atoms with Crippen molar-refractivity contribution >= 4 is 17.7 Å². The van der Waals surface area contributed by atoms with Crippen LogP contribution in [0.5, 0.6) is 0 Å². The Bertz CT molecular complexity index is 597. The third-order valence-corrected chi connectivity index (χ3v) is 4.34.